The second kappa shape index (κ2) is 5.64. The van der Waals surface area contributed by atoms with Gasteiger partial charge in [-0.3, -0.25) is 4.21 Å². The molecule has 1 rings (SSSR count). The van der Waals surface area contributed by atoms with Crippen LogP contribution in [-0.4, -0.2) is 16.0 Å². The average Bonchev–Trinajstić information content (AvgIpc) is 2.17. The minimum absolute atomic E-state index is 0.0372. The van der Waals surface area contributed by atoms with Crippen molar-refractivity contribution in [2.24, 2.45) is 11.7 Å². The monoisotopic (exact) mass is 245 g/mol. The van der Waals surface area contributed by atoms with Crippen molar-refractivity contribution in [3.63, 3.8) is 0 Å². The summed E-state index contributed by atoms with van der Waals surface area (Å²) in [4.78, 5) is 0.749. The molecule has 0 spiro atoms. The molecule has 0 heterocycles. The Balaban J connectivity index is 2.69. The summed E-state index contributed by atoms with van der Waals surface area (Å²) in [7, 11) is -1.05. The lowest BCUT2D eigenvalue weighted by atomic mass is 10.1. The first-order valence-electron chi connectivity index (χ1n) is 4.90. The smallest absolute Gasteiger partial charge is 0.0545 e. The normalized spacial score (nSPS) is 15.3. The van der Waals surface area contributed by atoms with Gasteiger partial charge in [-0.2, -0.15) is 0 Å². The quantitative estimate of drug-likeness (QED) is 0.886. The lowest BCUT2D eigenvalue weighted by Crippen LogP contribution is -2.32. The Labute approximate surface area is 98.3 Å². The van der Waals surface area contributed by atoms with Crippen molar-refractivity contribution in [3.05, 3.63) is 29.3 Å². The van der Waals surface area contributed by atoms with Crippen LogP contribution in [-0.2, 0) is 10.8 Å². The fourth-order valence-corrected chi connectivity index (χ4v) is 2.74. The fraction of sp³-hybridized carbons (Fsp3) is 0.455. The summed E-state index contributed by atoms with van der Waals surface area (Å²) in [6, 6.07) is 7.07. The zero-order valence-electron chi connectivity index (χ0n) is 8.94. The molecule has 0 aliphatic rings. The van der Waals surface area contributed by atoms with Gasteiger partial charge in [0, 0.05) is 21.7 Å². The second-order valence-corrected chi connectivity index (χ2v) is 5.81. The maximum Gasteiger partial charge on any atom is 0.0545 e. The number of hydrogen-bond donors (Lipinski definition) is 1. The highest BCUT2D eigenvalue weighted by Crippen LogP contribution is 2.15. The van der Waals surface area contributed by atoms with Crippen LogP contribution in [0.5, 0.6) is 0 Å². The maximum absolute atomic E-state index is 11.9. The van der Waals surface area contributed by atoms with Crippen molar-refractivity contribution in [1.29, 1.82) is 0 Å². The molecule has 1 aromatic carbocycles. The van der Waals surface area contributed by atoms with Crippen molar-refractivity contribution in [3.8, 4) is 0 Å². The molecule has 84 valence electrons. The van der Waals surface area contributed by atoms with Crippen LogP contribution in [0.25, 0.3) is 0 Å². The van der Waals surface area contributed by atoms with E-state index in [0.29, 0.717) is 16.7 Å². The van der Waals surface area contributed by atoms with Crippen molar-refractivity contribution in [2.45, 2.75) is 24.8 Å². The Kier molecular flexibility index (Phi) is 4.77. The van der Waals surface area contributed by atoms with Crippen molar-refractivity contribution < 1.29 is 4.21 Å². The maximum atomic E-state index is 11.9. The van der Waals surface area contributed by atoms with Crippen LogP contribution in [0.1, 0.15) is 13.8 Å². The molecule has 0 saturated heterocycles. The van der Waals surface area contributed by atoms with Gasteiger partial charge in [-0.05, 0) is 24.1 Å². The molecule has 4 heteroatoms. The Morgan fingerprint density at radius 2 is 2.13 bits per heavy atom. The molecular weight excluding hydrogens is 230 g/mol. The molecule has 0 aromatic heterocycles. The molecule has 0 radical (unpaired) electrons. The van der Waals surface area contributed by atoms with E-state index in [0.717, 1.165) is 4.90 Å². The first-order valence-corrected chi connectivity index (χ1v) is 6.60. The van der Waals surface area contributed by atoms with Crippen molar-refractivity contribution in [2.75, 3.05) is 5.75 Å². The summed E-state index contributed by atoms with van der Waals surface area (Å²) < 4.78 is 11.9. The summed E-state index contributed by atoms with van der Waals surface area (Å²) in [6.07, 6.45) is 0. The molecule has 15 heavy (non-hydrogen) atoms. The number of halogens is 1. The van der Waals surface area contributed by atoms with E-state index in [9.17, 15) is 4.21 Å². The predicted octanol–water partition coefficient (Wildman–Crippen LogP) is 2.43. The van der Waals surface area contributed by atoms with Crippen LogP contribution in [0.4, 0.5) is 0 Å². The van der Waals surface area contributed by atoms with E-state index < -0.39 is 10.8 Å². The lowest BCUT2D eigenvalue weighted by molar-refractivity contribution is 0.530. The second-order valence-electron chi connectivity index (χ2n) is 3.88. The molecule has 0 amide bonds. The van der Waals surface area contributed by atoms with E-state index in [1.165, 1.54) is 0 Å². The van der Waals surface area contributed by atoms with Crippen LogP contribution in [0, 0.1) is 5.92 Å². The molecule has 2 nitrogen and oxygen atoms in total. The van der Waals surface area contributed by atoms with E-state index in [1.54, 1.807) is 18.2 Å². The number of nitrogens with two attached hydrogens (primary N) is 1. The molecule has 0 aliphatic carbocycles. The zero-order valence-corrected chi connectivity index (χ0v) is 10.5. The Morgan fingerprint density at radius 3 is 2.67 bits per heavy atom. The zero-order chi connectivity index (χ0) is 11.4. The highest BCUT2D eigenvalue weighted by molar-refractivity contribution is 7.85. The van der Waals surface area contributed by atoms with Gasteiger partial charge in [0.2, 0.25) is 0 Å². The molecule has 2 unspecified atom stereocenters. The van der Waals surface area contributed by atoms with Crippen molar-refractivity contribution >= 4 is 22.4 Å². The van der Waals surface area contributed by atoms with Gasteiger partial charge in [-0.15, -0.1) is 0 Å². The standard InChI is InChI=1S/C11H16ClNOS/c1-8(2)11(13)7-15(14)10-5-3-4-9(12)6-10/h3-6,8,11H,7,13H2,1-2H3. The van der Waals surface area contributed by atoms with Gasteiger partial charge in [0.05, 0.1) is 10.8 Å². The number of benzene rings is 1. The molecular formula is C11H16ClNOS. The van der Waals surface area contributed by atoms with Crippen LogP contribution in [0.15, 0.2) is 29.2 Å². The van der Waals surface area contributed by atoms with E-state index in [4.69, 9.17) is 17.3 Å². The van der Waals surface area contributed by atoms with Crippen LogP contribution < -0.4 is 5.73 Å². The van der Waals surface area contributed by atoms with Gasteiger partial charge in [0.15, 0.2) is 0 Å². The summed E-state index contributed by atoms with van der Waals surface area (Å²) in [5.41, 5.74) is 5.87. The summed E-state index contributed by atoms with van der Waals surface area (Å²) >= 11 is 5.82. The summed E-state index contributed by atoms with van der Waals surface area (Å²) in [6.45, 7) is 4.06. The first kappa shape index (κ1) is 12.7. The highest BCUT2D eigenvalue weighted by Gasteiger charge is 2.13. The van der Waals surface area contributed by atoms with Crippen LogP contribution in [0.3, 0.4) is 0 Å². The topological polar surface area (TPSA) is 43.1 Å². The molecule has 2 N–H and O–H groups in total. The van der Waals surface area contributed by atoms with Crippen molar-refractivity contribution in [1.82, 2.24) is 0 Å². The summed E-state index contributed by atoms with van der Waals surface area (Å²) in [5.74, 6) is 0.825. The molecule has 0 bridgehead atoms. The Hall–Kier alpha value is -0.380. The SMILES string of the molecule is CC(C)C(N)CS(=O)c1cccc(Cl)c1. The van der Waals surface area contributed by atoms with Gasteiger partial charge < -0.3 is 5.73 Å². The van der Waals surface area contributed by atoms with Gasteiger partial charge in [-0.1, -0.05) is 31.5 Å². The van der Waals surface area contributed by atoms with Gasteiger partial charge in [0.25, 0.3) is 0 Å². The fourth-order valence-electron chi connectivity index (χ4n) is 1.07. The van der Waals surface area contributed by atoms with Gasteiger partial charge in [0.1, 0.15) is 0 Å². The minimum atomic E-state index is -1.05. The van der Waals surface area contributed by atoms with Crippen LogP contribution in [0.2, 0.25) is 5.02 Å². The predicted molar refractivity (Wildman–Crippen MR) is 65.5 cm³/mol. The molecule has 0 aliphatic heterocycles. The molecule has 0 fully saturated rings. The first-order chi connectivity index (χ1) is 7.00. The molecule has 0 saturated carbocycles. The number of hydrogen-bond acceptors (Lipinski definition) is 2. The van der Waals surface area contributed by atoms with E-state index in [1.807, 2.05) is 19.9 Å². The number of rotatable bonds is 4. The Morgan fingerprint density at radius 1 is 1.47 bits per heavy atom. The van der Waals surface area contributed by atoms with Crippen LogP contribution >= 0.6 is 11.6 Å². The molecule has 2 atom stereocenters. The van der Waals surface area contributed by atoms with E-state index >= 15 is 0 Å². The van der Waals surface area contributed by atoms with E-state index in [2.05, 4.69) is 0 Å². The third kappa shape index (κ3) is 3.93. The van der Waals surface area contributed by atoms with Gasteiger partial charge in [-0.25, -0.2) is 0 Å². The van der Waals surface area contributed by atoms with Gasteiger partial charge >= 0.3 is 0 Å². The third-order valence-electron chi connectivity index (χ3n) is 2.26. The minimum Gasteiger partial charge on any atom is -0.327 e. The summed E-state index contributed by atoms with van der Waals surface area (Å²) in [5, 5.41) is 0.610. The Bertz CT molecular complexity index is 354. The lowest BCUT2D eigenvalue weighted by Gasteiger charge is -2.14. The highest BCUT2D eigenvalue weighted by atomic mass is 35.5. The third-order valence-corrected chi connectivity index (χ3v) is 3.96. The van der Waals surface area contributed by atoms with E-state index in [-0.39, 0.29) is 6.04 Å². The molecule has 1 aromatic rings. The average molecular weight is 246 g/mol. The largest absolute Gasteiger partial charge is 0.327 e.